The zero-order chi connectivity index (χ0) is 16.0. The van der Waals surface area contributed by atoms with Crippen LogP contribution in [-0.2, 0) is 12.7 Å². The van der Waals surface area contributed by atoms with Crippen LogP contribution in [0.15, 0.2) is 48.7 Å². The van der Waals surface area contributed by atoms with Crippen molar-refractivity contribution in [1.82, 2.24) is 15.7 Å². The zero-order valence-corrected chi connectivity index (χ0v) is 12.1. The van der Waals surface area contributed by atoms with Gasteiger partial charge in [0.05, 0.1) is 5.56 Å². The van der Waals surface area contributed by atoms with E-state index in [0.29, 0.717) is 11.7 Å². The van der Waals surface area contributed by atoms with Gasteiger partial charge in [0.25, 0.3) is 0 Å². The Hall–Kier alpha value is -2.35. The Balaban J connectivity index is 1.79. The Labute approximate surface area is 130 Å². The van der Waals surface area contributed by atoms with E-state index in [4.69, 9.17) is 12.2 Å². The summed E-state index contributed by atoms with van der Waals surface area (Å²) >= 11 is 5.04. The van der Waals surface area contributed by atoms with Gasteiger partial charge in [-0.15, -0.1) is 0 Å². The van der Waals surface area contributed by atoms with Crippen molar-refractivity contribution in [3.8, 4) is 0 Å². The normalized spacial score (nSPS) is 10.9. The average molecular weight is 326 g/mol. The van der Waals surface area contributed by atoms with Gasteiger partial charge in [-0.2, -0.15) is 13.2 Å². The minimum atomic E-state index is -4.40. The standard InChI is InChI=1S/C14H13F3N4S/c15-14(16,17)11-6-7-12(18-9-11)20-21-13(22)19-8-10-4-2-1-3-5-10/h1-7,9H,8H2,(H,18,20)(H2,19,21,22). The summed E-state index contributed by atoms with van der Waals surface area (Å²) < 4.78 is 37.2. The molecule has 22 heavy (non-hydrogen) atoms. The topological polar surface area (TPSA) is 49.0 Å². The molecule has 0 radical (unpaired) electrons. The number of halogens is 3. The maximum Gasteiger partial charge on any atom is 0.417 e. The van der Waals surface area contributed by atoms with Crippen molar-refractivity contribution in [2.24, 2.45) is 0 Å². The summed E-state index contributed by atoms with van der Waals surface area (Å²) in [4.78, 5) is 3.65. The zero-order valence-electron chi connectivity index (χ0n) is 11.3. The van der Waals surface area contributed by atoms with Crippen LogP contribution >= 0.6 is 12.2 Å². The van der Waals surface area contributed by atoms with Crippen LogP contribution < -0.4 is 16.2 Å². The molecule has 1 aromatic heterocycles. The Bertz CT molecular complexity index is 614. The molecular weight excluding hydrogens is 313 g/mol. The fraction of sp³-hybridized carbons (Fsp3) is 0.143. The molecule has 0 saturated carbocycles. The second-order valence-corrected chi connectivity index (χ2v) is 4.76. The molecule has 0 aliphatic rings. The lowest BCUT2D eigenvalue weighted by molar-refractivity contribution is -0.137. The Kier molecular flexibility index (Phi) is 5.16. The van der Waals surface area contributed by atoms with Crippen LogP contribution in [0.2, 0.25) is 0 Å². The average Bonchev–Trinajstić information content (AvgIpc) is 2.51. The van der Waals surface area contributed by atoms with Crippen molar-refractivity contribution in [2.45, 2.75) is 12.7 Å². The number of hydrogen-bond donors (Lipinski definition) is 3. The van der Waals surface area contributed by atoms with Gasteiger partial charge in [0.2, 0.25) is 0 Å². The molecule has 0 atom stereocenters. The van der Waals surface area contributed by atoms with E-state index >= 15 is 0 Å². The molecule has 0 fully saturated rings. The second-order valence-electron chi connectivity index (χ2n) is 4.35. The van der Waals surface area contributed by atoms with Crippen molar-refractivity contribution < 1.29 is 13.2 Å². The molecule has 4 nitrogen and oxygen atoms in total. The number of hydrazine groups is 1. The van der Waals surface area contributed by atoms with Gasteiger partial charge >= 0.3 is 6.18 Å². The number of anilines is 1. The van der Waals surface area contributed by atoms with Crippen LogP contribution in [0.25, 0.3) is 0 Å². The summed E-state index contributed by atoms with van der Waals surface area (Å²) in [7, 11) is 0. The molecule has 2 rings (SSSR count). The number of alkyl halides is 3. The summed E-state index contributed by atoms with van der Waals surface area (Å²) in [5.74, 6) is 0.233. The van der Waals surface area contributed by atoms with Gasteiger partial charge in [-0.25, -0.2) is 4.98 Å². The molecule has 0 amide bonds. The minimum Gasteiger partial charge on any atom is -0.357 e. The van der Waals surface area contributed by atoms with Gasteiger partial charge in [0.1, 0.15) is 5.82 Å². The van der Waals surface area contributed by atoms with Gasteiger partial charge in [0, 0.05) is 12.7 Å². The summed E-state index contributed by atoms with van der Waals surface area (Å²) in [6.45, 7) is 0.537. The third-order valence-electron chi connectivity index (χ3n) is 2.69. The van der Waals surface area contributed by atoms with E-state index in [1.54, 1.807) is 0 Å². The van der Waals surface area contributed by atoms with E-state index in [-0.39, 0.29) is 5.82 Å². The summed E-state index contributed by atoms with van der Waals surface area (Å²) in [5.41, 5.74) is 5.53. The maximum absolute atomic E-state index is 12.4. The number of pyridine rings is 1. The van der Waals surface area contributed by atoms with Gasteiger partial charge < -0.3 is 5.32 Å². The number of nitrogens with zero attached hydrogens (tertiary/aromatic N) is 1. The van der Waals surface area contributed by atoms with Crippen LogP contribution in [0.4, 0.5) is 19.0 Å². The van der Waals surface area contributed by atoms with Gasteiger partial charge in [-0.1, -0.05) is 30.3 Å². The fourth-order valence-corrected chi connectivity index (χ4v) is 1.70. The van der Waals surface area contributed by atoms with E-state index in [2.05, 4.69) is 21.2 Å². The first-order valence-electron chi connectivity index (χ1n) is 6.32. The molecule has 0 spiro atoms. The van der Waals surface area contributed by atoms with Crippen LogP contribution in [0, 0.1) is 0 Å². The highest BCUT2D eigenvalue weighted by molar-refractivity contribution is 7.80. The minimum absolute atomic E-state index is 0.233. The summed E-state index contributed by atoms with van der Waals surface area (Å²) in [6, 6.07) is 11.8. The van der Waals surface area contributed by atoms with E-state index < -0.39 is 11.7 Å². The number of nitrogens with one attached hydrogen (secondary N) is 3. The predicted molar refractivity (Wildman–Crippen MR) is 81.9 cm³/mol. The lowest BCUT2D eigenvalue weighted by atomic mass is 10.2. The van der Waals surface area contributed by atoms with E-state index in [1.165, 1.54) is 6.07 Å². The molecule has 8 heteroatoms. The second kappa shape index (κ2) is 7.08. The first kappa shape index (κ1) is 16.0. The van der Waals surface area contributed by atoms with Crippen molar-refractivity contribution in [3.63, 3.8) is 0 Å². The fourth-order valence-electron chi connectivity index (χ4n) is 1.58. The van der Waals surface area contributed by atoms with Crippen molar-refractivity contribution in [3.05, 3.63) is 59.8 Å². The molecule has 0 aliphatic heterocycles. The van der Waals surface area contributed by atoms with Crippen LogP contribution in [0.5, 0.6) is 0 Å². The molecule has 0 aliphatic carbocycles. The van der Waals surface area contributed by atoms with Crippen molar-refractivity contribution in [2.75, 3.05) is 5.43 Å². The quantitative estimate of drug-likeness (QED) is 0.595. The van der Waals surface area contributed by atoms with Crippen LogP contribution in [0.3, 0.4) is 0 Å². The number of hydrogen-bond acceptors (Lipinski definition) is 3. The predicted octanol–water partition coefficient (Wildman–Crippen LogP) is 3.09. The number of benzene rings is 1. The molecule has 0 saturated heterocycles. The smallest absolute Gasteiger partial charge is 0.357 e. The molecule has 2 aromatic rings. The molecule has 1 aromatic carbocycles. The summed E-state index contributed by atoms with van der Waals surface area (Å²) in [5, 5.41) is 3.27. The van der Waals surface area contributed by atoms with Crippen molar-refractivity contribution >= 4 is 23.1 Å². The third-order valence-corrected chi connectivity index (χ3v) is 2.94. The summed E-state index contributed by atoms with van der Waals surface area (Å²) in [6.07, 6.45) is -3.64. The first-order valence-corrected chi connectivity index (χ1v) is 6.73. The number of rotatable bonds is 4. The lowest BCUT2D eigenvalue weighted by Gasteiger charge is -2.12. The number of thiocarbonyl (C=S) groups is 1. The largest absolute Gasteiger partial charge is 0.417 e. The van der Waals surface area contributed by atoms with Gasteiger partial charge in [-0.05, 0) is 29.9 Å². The van der Waals surface area contributed by atoms with E-state index in [0.717, 1.165) is 17.8 Å². The third kappa shape index (κ3) is 4.88. The number of aromatic nitrogens is 1. The molecule has 3 N–H and O–H groups in total. The highest BCUT2D eigenvalue weighted by Gasteiger charge is 2.30. The Morgan fingerprint density at radius 3 is 2.41 bits per heavy atom. The Morgan fingerprint density at radius 2 is 1.82 bits per heavy atom. The van der Waals surface area contributed by atoms with E-state index in [1.807, 2.05) is 30.3 Å². The maximum atomic E-state index is 12.4. The first-order chi connectivity index (χ1) is 10.4. The van der Waals surface area contributed by atoms with E-state index in [9.17, 15) is 13.2 Å². The van der Waals surface area contributed by atoms with Gasteiger partial charge in [0.15, 0.2) is 5.11 Å². The molecule has 116 valence electrons. The molecule has 0 bridgehead atoms. The van der Waals surface area contributed by atoms with Crippen LogP contribution in [0.1, 0.15) is 11.1 Å². The molecule has 1 heterocycles. The molecular formula is C14H13F3N4S. The molecule has 0 unspecified atom stereocenters. The monoisotopic (exact) mass is 326 g/mol. The van der Waals surface area contributed by atoms with Crippen LogP contribution in [-0.4, -0.2) is 10.1 Å². The SMILES string of the molecule is FC(F)(F)c1ccc(NNC(=S)NCc2ccccc2)nc1. The highest BCUT2D eigenvalue weighted by Crippen LogP contribution is 2.28. The van der Waals surface area contributed by atoms with Crippen molar-refractivity contribution in [1.29, 1.82) is 0 Å². The van der Waals surface area contributed by atoms with Gasteiger partial charge in [-0.3, -0.25) is 10.9 Å². The lowest BCUT2D eigenvalue weighted by Crippen LogP contribution is -2.38. The Morgan fingerprint density at radius 1 is 1.09 bits per heavy atom. The highest BCUT2D eigenvalue weighted by atomic mass is 32.1.